The zero-order chi connectivity index (χ0) is 19.5. The number of nitrogens with two attached hydrogens (primary N) is 1. The van der Waals surface area contributed by atoms with Crippen molar-refractivity contribution in [2.45, 2.75) is 44.9 Å². The molecule has 28 heavy (non-hydrogen) atoms. The van der Waals surface area contributed by atoms with Gasteiger partial charge >= 0.3 is 0 Å². The highest BCUT2D eigenvalue weighted by Crippen LogP contribution is 2.33. The molecule has 0 saturated carbocycles. The summed E-state index contributed by atoms with van der Waals surface area (Å²) in [6.07, 6.45) is 5.64. The van der Waals surface area contributed by atoms with Crippen LogP contribution < -0.4 is 19.9 Å². The predicted octanol–water partition coefficient (Wildman–Crippen LogP) is 5.37. The Morgan fingerprint density at radius 3 is 2.32 bits per heavy atom. The molecule has 2 aromatic rings. The monoisotopic (exact) mass is 407 g/mol. The minimum Gasteiger partial charge on any atom is -0.493 e. The molecular formula is C23H34ClNO3. The number of unbranched alkanes of at least 4 members (excludes halogenated alkanes) is 3. The molecule has 0 bridgehead atoms. The molecule has 2 N–H and O–H groups in total. The molecule has 0 aliphatic rings. The summed E-state index contributed by atoms with van der Waals surface area (Å²) in [4.78, 5) is 0. The van der Waals surface area contributed by atoms with Crippen molar-refractivity contribution >= 4 is 12.4 Å². The third-order valence-corrected chi connectivity index (χ3v) is 4.86. The van der Waals surface area contributed by atoms with E-state index in [-0.39, 0.29) is 18.3 Å². The standard InChI is InChI=1S/C23H33NO3.ClH/c1-4-5-6-9-14-27-21-11-8-7-10-19(21)15-20(17-24)18-12-13-22(25-2)23(16-18)26-3;/h7-8,10-13,16,20H,4-6,9,14-15,17,24H2,1-3H3;1H. The Bertz CT molecular complexity index is 693. The summed E-state index contributed by atoms with van der Waals surface area (Å²) in [6.45, 7) is 3.54. The molecule has 0 radical (unpaired) electrons. The number of halogens is 1. The van der Waals surface area contributed by atoms with Gasteiger partial charge in [-0.25, -0.2) is 0 Å². The zero-order valence-corrected chi connectivity index (χ0v) is 18.1. The fourth-order valence-electron chi connectivity index (χ4n) is 3.23. The van der Waals surface area contributed by atoms with Crippen molar-refractivity contribution in [3.05, 3.63) is 53.6 Å². The van der Waals surface area contributed by atoms with Gasteiger partial charge in [-0.1, -0.05) is 50.5 Å². The van der Waals surface area contributed by atoms with E-state index in [1.807, 2.05) is 18.2 Å². The van der Waals surface area contributed by atoms with E-state index in [0.717, 1.165) is 42.3 Å². The van der Waals surface area contributed by atoms with Crippen LogP contribution in [0, 0.1) is 0 Å². The number of hydrogen-bond acceptors (Lipinski definition) is 4. The van der Waals surface area contributed by atoms with Gasteiger partial charge in [0.15, 0.2) is 11.5 Å². The first-order valence-electron chi connectivity index (χ1n) is 9.86. The molecule has 0 fully saturated rings. The van der Waals surface area contributed by atoms with E-state index >= 15 is 0 Å². The highest BCUT2D eigenvalue weighted by molar-refractivity contribution is 5.85. The number of rotatable bonds is 12. The van der Waals surface area contributed by atoms with Gasteiger partial charge in [-0.2, -0.15) is 0 Å². The van der Waals surface area contributed by atoms with Crippen LogP contribution in [-0.2, 0) is 6.42 Å². The second kappa shape index (κ2) is 13.3. The molecule has 0 saturated heterocycles. The molecule has 0 aromatic heterocycles. The Morgan fingerprint density at radius 1 is 0.893 bits per heavy atom. The summed E-state index contributed by atoms with van der Waals surface area (Å²) in [5, 5.41) is 0. The van der Waals surface area contributed by atoms with E-state index in [1.54, 1.807) is 14.2 Å². The van der Waals surface area contributed by atoms with Crippen molar-refractivity contribution in [1.82, 2.24) is 0 Å². The molecule has 0 amide bonds. The van der Waals surface area contributed by atoms with Gasteiger partial charge < -0.3 is 19.9 Å². The van der Waals surface area contributed by atoms with Gasteiger partial charge in [0, 0.05) is 5.92 Å². The molecule has 0 heterocycles. The molecule has 0 spiro atoms. The fraction of sp³-hybridized carbons (Fsp3) is 0.478. The smallest absolute Gasteiger partial charge is 0.160 e. The highest BCUT2D eigenvalue weighted by atomic mass is 35.5. The van der Waals surface area contributed by atoms with Crippen molar-refractivity contribution < 1.29 is 14.2 Å². The minimum atomic E-state index is 0. The SMILES string of the molecule is CCCCCCOc1ccccc1CC(CN)c1ccc(OC)c(OC)c1.Cl. The fourth-order valence-corrected chi connectivity index (χ4v) is 3.23. The van der Waals surface area contributed by atoms with Crippen LogP contribution in [0.25, 0.3) is 0 Å². The molecule has 2 rings (SSSR count). The summed E-state index contributed by atoms with van der Waals surface area (Å²) in [6, 6.07) is 14.3. The lowest BCUT2D eigenvalue weighted by molar-refractivity contribution is 0.301. The van der Waals surface area contributed by atoms with Crippen LogP contribution >= 0.6 is 12.4 Å². The second-order valence-corrected chi connectivity index (χ2v) is 6.77. The number of benzene rings is 2. The Labute approximate surface area is 175 Å². The first-order valence-corrected chi connectivity index (χ1v) is 9.86. The maximum absolute atomic E-state index is 6.11. The summed E-state index contributed by atoms with van der Waals surface area (Å²) in [5.74, 6) is 2.62. The first kappa shape index (κ1) is 24.1. The molecule has 0 aliphatic carbocycles. The van der Waals surface area contributed by atoms with Crippen LogP contribution in [0.15, 0.2) is 42.5 Å². The van der Waals surface area contributed by atoms with Crippen molar-refractivity contribution in [2.75, 3.05) is 27.4 Å². The van der Waals surface area contributed by atoms with Crippen LogP contribution in [0.4, 0.5) is 0 Å². The summed E-state index contributed by atoms with van der Waals surface area (Å²) in [7, 11) is 3.30. The van der Waals surface area contributed by atoms with Gasteiger partial charge in [-0.3, -0.25) is 0 Å². The van der Waals surface area contributed by atoms with Crippen LogP contribution in [0.1, 0.15) is 49.7 Å². The maximum atomic E-state index is 6.11. The topological polar surface area (TPSA) is 53.7 Å². The van der Waals surface area contributed by atoms with Crippen molar-refractivity contribution in [1.29, 1.82) is 0 Å². The van der Waals surface area contributed by atoms with Crippen LogP contribution in [0.2, 0.25) is 0 Å². The molecule has 0 aliphatic heterocycles. The molecule has 5 heteroatoms. The van der Waals surface area contributed by atoms with E-state index < -0.39 is 0 Å². The van der Waals surface area contributed by atoms with E-state index in [2.05, 4.69) is 31.2 Å². The summed E-state index contributed by atoms with van der Waals surface area (Å²) in [5.41, 5.74) is 8.45. The van der Waals surface area contributed by atoms with Crippen LogP contribution in [0.3, 0.4) is 0 Å². The quantitative estimate of drug-likeness (QED) is 0.480. The number of hydrogen-bond donors (Lipinski definition) is 1. The normalized spacial score (nSPS) is 11.4. The van der Waals surface area contributed by atoms with Crippen molar-refractivity contribution in [3.8, 4) is 17.2 Å². The van der Waals surface area contributed by atoms with Gasteiger partial charge in [0.2, 0.25) is 0 Å². The lowest BCUT2D eigenvalue weighted by Gasteiger charge is -2.19. The minimum absolute atomic E-state index is 0. The number of para-hydroxylation sites is 1. The summed E-state index contributed by atoms with van der Waals surface area (Å²) >= 11 is 0. The average molecular weight is 408 g/mol. The average Bonchev–Trinajstić information content (AvgIpc) is 2.72. The molecule has 1 atom stereocenters. The van der Waals surface area contributed by atoms with Crippen molar-refractivity contribution in [3.63, 3.8) is 0 Å². The molecule has 156 valence electrons. The zero-order valence-electron chi connectivity index (χ0n) is 17.3. The third-order valence-electron chi connectivity index (χ3n) is 4.86. The summed E-state index contributed by atoms with van der Waals surface area (Å²) < 4.78 is 16.8. The Balaban J connectivity index is 0.00000392. The lowest BCUT2D eigenvalue weighted by atomic mass is 9.91. The van der Waals surface area contributed by atoms with Crippen LogP contribution in [0.5, 0.6) is 17.2 Å². The first-order chi connectivity index (χ1) is 13.2. The van der Waals surface area contributed by atoms with E-state index in [1.165, 1.54) is 24.8 Å². The number of methoxy groups -OCH3 is 2. The van der Waals surface area contributed by atoms with Gasteiger partial charge in [-0.05, 0) is 48.7 Å². The largest absolute Gasteiger partial charge is 0.493 e. The Kier molecular flexibility index (Phi) is 11.5. The van der Waals surface area contributed by atoms with E-state index in [0.29, 0.717) is 6.54 Å². The highest BCUT2D eigenvalue weighted by Gasteiger charge is 2.16. The van der Waals surface area contributed by atoms with Gasteiger partial charge in [0.25, 0.3) is 0 Å². The maximum Gasteiger partial charge on any atom is 0.160 e. The van der Waals surface area contributed by atoms with E-state index in [4.69, 9.17) is 19.9 Å². The van der Waals surface area contributed by atoms with Gasteiger partial charge in [-0.15, -0.1) is 12.4 Å². The molecular weight excluding hydrogens is 374 g/mol. The van der Waals surface area contributed by atoms with Crippen LogP contribution in [-0.4, -0.2) is 27.4 Å². The predicted molar refractivity (Wildman–Crippen MR) is 118 cm³/mol. The number of ether oxygens (including phenoxy) is 3. The van der Waals surface area contributed by atoms with Gasteiger partial charge in [0.1, 0.15) is 5.75 Å². The Morgan fingerprint density at radius 2 is 1.64 bits per heavy atom. The molecule has 4 nitrogen and oxygen atoms in total. The lowest BCUT2D eigenvalue weighted by Crippen LogP contribution is -2.16. The second-order valence-electron chi connectivity index (χ2n) is 6.77. The van der Waals surface area contributed by atoms with E-state index in [9.17, 15) is 0 Å². The molecule has 1 unspecified atom stereocenters. The van der Waals surface area contributed by atoms with Gasteiger partial charge in [0.05, 0.1) is 20.8 Å². The molecule has 2 aromatic carbocycles. The Hall–Kier alpha value is -1.91. The third kappa shape index (κ3) is 6.92. The van der Waals surface area contributed by atoms with Crippen molar-refractivity contribution in [2.24, 2.45) is 5.73 Å².